The zero-order chi connectivity index (χ0) is 12.3. The van der Waals surface area contributed by atoms with Crippen LogP contribution in [-0.4, -0.2) is 30.5 Å². The lowest BCUT2D eigenvalue weighted by Crippen LogP contribution is -2.23. The van der Waals surface area contributed by atoms with E-state index < -0.39 is 12.1 Å². The first kappa shape index (κ1) is 15.8. The summed E-state index contributed by atoms with van der Waals surface area (Å²) in [4.78, 5) is 0. The number of hydrogen-bond acceptors (Lipinski definition) is 5. The van der Waals surface area contributed by atoms with Crippen molar-refractivity contribution in [3.8, 4) is 17.2 Å². The molecule has 2 atom stereocenters. The summed E-state index contributed by atoms with van der Waals surface area (Å²) in [7, 11) is 2.87. The van der Waals surface area contributed by atoms with E-state index >= 15 is 0 Å². The van der Waals surface area contributed by atoms with Gasteiger partial charge in [0.2, 0.25) is 5.75 Å². The summed E-state index contributed by atoms with van der Waals surface area (Å²) in [5.74, 6) is 0.461. The molecule has 0 amide bonds. The van der Waals surface area contributed by atoms with Gasteiger partial charge >= 0.3 is 0 Å². The van der Waals surface area contributed by atoms with Crippen LogP contribution < -0.4 is 15.2 Å². The Morgan fingerprint density at radius 3 is 1.88 bits per heavy atom. The molecule has 0 saturated carbocycles. The summed E-state index contributed by atoms with van der Waals surface area (Å²) >= 11 is 0. The zero-order valence-electron chi connectivity index (χ0n) is 10.0. The molecule has 0 fully saturated rings. The number of aromatic hydroxyl groups is 1. The van der Waals surface area contributed by atoms with E-state index in [0.717, 1.165) is 0 Å². The van der Waals surface area contributed by atoms with Crippen molar-refractivity contribution in [2.75, 3.05) is 14.2 Å². The molecule has 6 heteroatoms. The molecule has 5 nitrogen and oxygen atoms in total. The minimum absolute atomic E-state index is 0. The Morgan fingerprint density at radius 2 is 1.59 bits per heavy atom. The van der Waals surface area contributed by atoms with E-state index in [0.29, 0.717) is 5.56 Å². The summed E-state index contributed by atoms with van der Waals surface area (Å²) in [5, 5.41) is 19.1. The second-order valence-electron chi connectivity index (χ2n) is 3.54. The fraction of sp³-hybridized carbons (Fsp3) is 0.455. The van der Waals surface area contributed by atoms with Crippen molar-refractivity contribution in [2.24, 2.45) is 5.73 Å². The van der Waals surface area contributed by atoms with E-state index in [2.05, 4.69) is 0 Å². The van der Waals surface area contributed by atoms with Crippen LogP contribution in [0, 0.1) is 0 Å². The van der Waals surface area contributed by atoms with Gasteiger partial charge in [-0.05, 0) is 24.6 Å². The third kappa shape index (κ3) is 3.39. The fourth-order valence-corrected chi connectivity index (χ4v) is 1.38. The second kappa shape index (κ2) is 6.54. The third-order valence-corrected chi connectivity index (χ3v) is 2.41. The lowest BCUT2D eigenvalue weighted by Gasteiger charge is -2.18. The monoisotopic (exact) mass is 263 g/mol. The maximum atomic E-state index is 9.68. The summed E-state index contributed by atoms with van der Waals surface area (Å²) in [6, 6.07) is 2.60. The molecule has 4 N–H and O–H groups in total. The highest BCUT2D eigenvalue weighted by Crippen LogP contribution is 2.38. The van der Waals surface area contributed by atoms with Crippen LogP contribution in [0.4, 0.5) is 0 Å². The summed E-state index contributed by atoms with van der Waals surface area (Å²) < 4.78 is 9.98. The molecule has 0 aliphatic rings. The number of methoxy groups -OCH3 is 2. The Labute approximate surface area is 107 Å². The number of aliphatic hydroxyl groups is 1. The molecule has 0 radical (unpaired) electrons. The predicted molar refractivity (Wildman–Crippen MR) is 67.1 cm³/mol. The van der Waals surface area contributed by atoms with Crippen LogP contribution in [0.25, 0.3) is 0 Å². The number of rotatable bonds is 4. The van der Waals surface area contributed by atoms with Crippen LogP contribution in [-0.2, 0) is 0 Å². The number of aliphatic hydroxyl groups excluding tert-OH is 1. The van der Waals surface area contributed by atoms with Crippen molar-refractivity contribution in [3.05, 3.63) is 17.7 Å². The van der Waals surface area contributed by atoms with E-state index in [4.69, 9.17) is 15.2 Å². The normalized spacial score (nSPS) is 13.5. The molecule has 0 spiro atoms. The average Bonchev–Trinajstić information content (AvgIpc) is 2.28. The lowest BCUT2D eigenvalue weighted by atomic mass is 10.0. The predicted octanol–water partition coefficient (Wildman–Crippen LogP) is 1.21. The lowest BCUT2D eigenvalue weighted by molar-refractivity contribution is 0.164. The first-order chi connectivity index (χ1) is 7.51. The Bertz CT molecular complexity index is 345. The van der Waals surface area contributed by atoms with E-state index in [1.165, 1.54) is 14.2 Å². The van der Waals surface area contributed by atoms with Crippen LogP contribution in [0.15, 0.2) is 12.1 Å². The molecule has 17 heavy (non-hydrogen) atoms. The number of benzene rings is 1. The van der Waals surface area contributed by atoms with Gasteiger partial charge in [0.1, 0.15) is 0 Å². The molecule has 0 aliphatic heterocycles. The molecule has 98 valence electrons. The van der Waals surface area contributed by atoms with Gasteiger partial charge in [-0.15, -0.1) is 12.4 Å². The van der Waals surface area contributed by atoms with Gasteiger partial charge in [0.15, 0.2) is 11.5 Å². The van der Waals surface area contributed by atoms with E-state index in [9.17, 15) is 10.2 Å². The summed E-state index contributed by atoms with van der Waals surface area (Å²) in [6.07, 6.45) is -0.695. The molecule has 0 saturated heterocycles. The molecule has 1 rings (SSSR count). The van der Waals surface area contributed by atoms with Crippen LogP contribution in [0.2, 0.25) is 0 Å². The molecule has 0 heterocycles. The smallest absolute Gasteiger partial charge is 0.200 e. The highest BCUT2D eigenvalue weighted by atomic mass is 35.5. The SMILES string of the molecule is COc1cc([C@@H](N)[C@H](C)O)cc(OC)c1O.Cl. The molecule has 1 aromatic carbocycles. The Morgan fingerprint density at radius 1 is 1.18 bits per heavy atom. The van der Waals surface area contributed by atoms with E-state index in [-0.39, 0.29) is 29.7 Å². The Hall–Kier alpha value is -1.17. The van der Waals surface area contributed by atoms with Crippen molar-refractivity contribution in [1.29, 1.82) is 0 Å². The van der Waals surface area contributed by atoms with Crippen LogP contribution in [0.5, 0.6) is 17.2 Å². The van der Waals surface area contributed by atoms with Gasteiger partial charge in [-0.3, -0.25) is 0 Å². The second-order valence-corrected chi connectivity index (χ2v) is 3.54. The number of phenolic OH excluding ortho intramolecular Hbond substituents is 1. The van der Waals surface area contributed by atoms with Crippen molar-refractivity contribution in [1.82, 2.24) is 0 Å². The molecular formula is C11H18ClNO4. The topological polar surface area (TPSA) is 84.9 Å². The number of hydrogen-bond donors (Lipinski definition) is 3. The highest BCUT2D eigenvalue weighted by Gasteiger charge is 2.18. The standard InChI is InChI=1S/C11H17NO4.ClH/c1-6(13)10(12)7-4-8(15-2)11(14)9(5-7)16-3;/h4-6,10,13-14H,12H2,1-3H3;1H/t6-,10-;/m0./s1. The maximum Gasteiger partial charge on any atom is 0.200 e. The Balaban J connectivity index is 0.00000256. The number of nitrogens with two attached hydrogens (primary N) is 1. The van der Waals surface area contributed by atoms with Crippen molar-refractivity contribution in [2.45, 2.75) is 19.1 Å². The molecule has 0 aliphatic carbocycles. The molecule has 0 unspecified atom stereocenters. The number of phenols is 1. The van der Waals surface area contributed by atoms with Gasteiger partial charge in [0.25, 0.3) is 0 Å². The molecule has 1 aromatic rings. The number of ether oxygens (including phenoxy) is 2. The summed E-state index contributed by atoms with van der Waals surface area (Å²) in [6.45, 7) is 1.59. The molecule has 0 aromatic heterocycles. The largest absolute Gasteiger partial charge is 0.502 e. The molecule has 0 bridgehead atoms. The minimum Gasteiger partial charge on any atom is -0.502 e. The zero-order valence-corrected chi connectivity index (χ0v) is 10.8. The fourth-order valence-electron chi connectivity index (χ4n) is 1.38. The minimum atomic E-state index is -0.695. The summed E-state index contributed by atoms with van der Waals surface area (Å²) in [5.41, 5.74) is 6.43. The van der Waals surface area contributed by atoms with Gasteiger partial charge in [-0.2, -0.15) is 0 Å². The maximum absolute atomic E-state index is 9.68. The first-order valence-corrected chi connectivity index (χ1v) is 4.89. The van der Waals surface area contributed by atoms with E-state index in [1.54, 1.807) is 19.1 Å². The van der Waals surface area contributed by atoms with Crippen LogP contribution in [0.3, 0.4) is 0 Å². The average molecular weight is 264 g/mol. The molecular weight excluding hydrogens is 246 g/mol. The van der Waals surface area contributed by atoms with Gasteiger partial charge in [0, 0.05) is 0 Å². The Kier molecular flexibility index (Phi) is 6.09. The van der Waals surface area contributed by atoms with Crippen LogP contribution >= 0.6 is 12.4 Å². The first-order valence-electron chi connectivity index (χ1n) is 4.89. The number of halogens is 1. The highest BCUT2D eigenvalue weighted by molar-refractivity contribution is 5.85. The van der Waals surface area contributed by atoms with Gasteiger partial charge < -0.3 is 25.4 Å². The van der Waals surface area contributed by atoms with Crippen molar-refractivity contribution >= 4 is 12.4 Å². The van der Waals surface area contributed by atoms with Gasteiger partial charge in [-0.25, -0.2) is 0 Å². The van der Waals surface area contributed by atoms with Crippen LogP contribution in [0.1, 0.15) is 18.5 Å². The third-order valence-electron chi connectivity index (χ3n) is 2.41. The van der Waals surface area contributed by atoms with Gasteiger partial charge in [-0.1, -0.05) is 0 Å². The quantitative estimate of drug-likeness (QED) is 0.760. The van der Waals surface area contributed by atoms with Crippen molar-refractivity contribution < 1.29 is 19.7 Å². The van der Waals surface area contributed by atoms with Crippen molar-refractivity contribution in [3.63, 3.8) is 0 Å². The van der Waals surface area contributed by atoms with Gasteiger partial charge in [0.05, 0.1) is 26.4 Å². The van der Waals surface area contributed by atoms with E-state index in [1.807, 2.05) is 0 Å².